The van der Waals surface area contributed by atoms with Crippen LogP contribution in [0.5, 0.6) is 0 Å². The second kappa shape index (κ2) is 6.14. The van der Waals surface area contributed by atoms with Gasteiger partial charge in [0.2, 0.25) is 0 Å². The minimum Gasteiger partial charge on any atom is -0.478 e. The smallest absolute Gasteiger partial charge is 0.335 e. The van der Waals surface area contributed by atoms with Gasteiger partial charge in [-0.2, -0.15) is 0 Å². The maximum absolute atomic E-state index is 10.9. The second-order valence-electron chi connectivity index (χ2n) is 7.72. The number of likely N-dealkylation sites (tertiary alicyclic amines) is 1. The summed E-state index contributed by atoms with van der Waals surface area (Å²) in [6.45, 7) is 5.94. The molecule has 3 atom stereocenters. The van der Waals surface area contributed by atoms with Crippen LogP contribution in [0.25, 0.3) is 0 Å². The molecular formula is C19H26N2O3. The number of aromatic carboxylic acids is 1. The van der Waals surface area contributed by atoms with Crippen molar-refractivity contribution in [3.05, 3.63) is 35.4 Å². The number of carbonyl (C=O) groups is 1. The van der Waals surface area contributed by atoms with E-state index in [0.717, 1.165) is 50.2 Å². The maximum Gasteiger partial charge on any atom is 0.335 e. The first-order valence-corrected chi connectivity index (χ1v) is 9.01. The Morgan fingerprint density at radius 1 is 1.38 bits per heavy atom. The highest BCUT2D eigenvalue weighted by Crippen LogP contribution is 2.39. The summed E-state index contributed by atoms with van der Waals surface area (Å²) in [6, 6.07) is 8.42. The molecule has 3 aliphatic rings. The SMILES string of the molecule is CC[C@@H]1C[C@H]1NC1COC2(C1)CN(Cc1ccc(C(=O)O)cc1)C2. The zero-order chi connectivity index (χ0) is 16.7. The summed E-state index contributed by atoms with van der Waals surface area (Å²) in [5.41, 5.74) is 1.55. The van der Waals surface area contributed by atoms with Gasteiger partial charge in [0.15, 0.2) is 0 Å². The van der Waals surface area contributed by atoms with Crippen molar-refractivity contribution in [2.45, 2.75) is 50.4 Å². The normalized spacial score (nSPS) is 31.1. The predicted octanol–water partition coefficient (Wildman–Crippen LogP) is 2.12. The average molecular weight is 330 g/mol. The van der Waals surface area contributed by atoms with Crippen LogP contribution in [-0.2, 0) is 11.3 Å². The molecule has 5 heteroatoms. The number of nitrogens with zero attached hydrogens (tertiary/aromatic N) is 1. The molecule has 1 aliphatic carbocycles. The van der Waals surface area contributed by atoms with E-state index in [0.29, 0.717) is 11.6 Å². The van der Waals surface area contributed by atoms with Crippen molar-refractivity contribution in [2.24, 2.45) is 5.92 Å². The van der Waals surface area contributed by atoms with E-state index in [1.165, 1.54) is 12.8 Å². The van der Waals surface area contributed by atoms with Gasteiger partial charge in [0.25, 0.3) is 0 Å². The molecule has 5 nitrogen and oxygen atoms in total. The lowest BCUT2D eigenvalue weighted by Gasteiger charge is -2.47. The molecule has 2 saturated heterocycles. The van der Waals surface area contributed by atoms with Crippen LogP contribution < -0.4 is 5.32 Å². The number of hydrogen-bond acceptors (Lipinski definition) is 4. The van der Waals surface area contributed by atoms with Crippen molar-refractivity contribution in [3.63, 3.8) is 0 Å². The van der Waals surface area contributed by atoms with Gasteiger partial charge in [0, 0.05) is 31.7 Å². The van der Waals surface area contributed by atoms with Gasteiger partial charge in [0.1, 0.15) is 0 Å². The molecule has 0 bridgehead atoms. The van der Waals surface area contributed by atoms with Crippen molar-refractivity contribution in [1.29, 1.82) is 0 Å². The Labute approximate surface area is 143 Å². The summed E-state index contributed by atoms with van der Waals surface area (Å²) in [5.74, 6) is 0.0107. The van der Waals surface area contributed by atoms with Crippen molar-refractivity contribution in [1.82, 2.24) is 10.2 Å². The summed E-state index contributed by atoms with van der Waals surface area (Å²) >= 11 is 0. The summed E-state index contributed by atoms with van der Waals surface area (Å²) in [5, 5.41) is 12.7. The third kappa shape index (κ3) is 3.21. The van der Waals surface area contributed by atoms with Crippen LogP contribution in [0.15, 0.2) is 24.3 Å². The van der Waals surface area contributed by atoms with Crippen molar-refractivity contribution < 1.29 is 14.6 Å². The Kier molecular flexibility index (Phi) is 4.11. The molecule has 1 saturated carbocycles. The number of hydrogen-bond donors (Lipinski definition) is 2. The van der Waals surface area contributed by atoms with E-state index in [9.17, 15) is 4.79 Å². The number of carboxylic acid groups (broad SMARTS) is 1. The van der Waals surface area contributed by atoms with Crippen molar-refractivity contribution in [3.8, 4) is 0 Å². The number of benzene rings is 1. The molecule has 0 aromatic heterocycles. The lowest BCUT2D eigenvalue weighted by atomic mass is 9.89. The molecule has 2 aliphatic heterocycles. The fourth-order valence-electron chi connectivity index (χ4n) is 4.27. The Morgan fingerprint density at radius 2 is 2.12 bits per heavy atom. The van der Waals surface area contributed by atoms with Gasteiger partial charge in [-0.1, -0.05) is 25.5 Å². The molecule has 24 heavy (non-hydrogen) atoms. The predicted molar refractivity (Wildman–Crippen MR) is 91.1 cm³/mol. The highest BCUT2D eigenvalue weighted by molar-refractivity contribution is 5.87. The third-order valence-corrected chi connectivity index (χ3v) is 5.74. The van der Waals surface area contributed by atoms with Crippen LogP contribution in [0.1, 0.15) is 42.1 Å². The molecule has 2 heterocycles. The van der Waals surface area contributed by atoms with E-state index >= 15 is 0 Å². The lowest BCUT2D eigenvalue weighted by molar-refractivity contribution is -0.114. The van der Waals surface area contributed by atoms with Gasteiger partial charge in [-0.15, -0.1) is 0 Å². The van der Waals surface area contributed by atoms with E-state index in [2.05, 4.69) is 17.1 Å². The minimum atomic E-state index is -0.872. The Bertz CT molecular complexity index is 610. The molecule has 1 aromatic carbocycles. The highest BCUT2D eigenvalue weighted by atomic mass is 16.5. The minimum absolute atomic E-state index is 0.0509. The first-order chi connectivity index (χ1) is 11.6. The third-order valence-electron chi connectivity index (χ3n) is 5.74. The molecule has 1 aromatic rings. The van der Waals surface area contributed by atoms with Crippen LogP contribution in [0.4, 0.5) is 0 Å². The van der Waals surface area contributed by atoms with E-state index < -0.39 is 5.97 Å². The maximum atomic E-state index is 10.9. The van der Waals surface area contributed by atoms with Crippen LogP contribution in [-0.4, -0.2) is 53.4 Å². The van der Waals surface area contributed by atoms with E-state index in [4.69, 9.17) is 9.84 Å². The van der Waals surface area contributed by atoms with Gasteiger partial charge in [-0.05, 0) is 36.5 Å². The van der Waals surface area contributed by atoms with Gasteiger partial charge < -0.3 is 15.2 Å². The first-order valence-electron chi connectivity index (χ1n) is 9.01. The Morgan fingerprint density at radius 3 is 2.75 bits per heavy atom. The Hall–Kier alpha value is -1.43. The molecule has 1 unspecified atom stereocenters. The first kappa shape index (κ1) is 16.1. The number of carboxylic acids is 1. The van der Waals surface area contributed by atoms with Gasteiger partial charge in [0.05, 0.1) is 17.8 Å². The van der Waals surface area contributed by atoms with Crippen LogP contribution in [0.3, 0.4) is 0 Å². The quantitative estimate of drug-likeness (QED) is 0.836. The van der Waals surface area contributed by atoms with Gasteiger partial charge >= 0.3 is 5.97 Å². The summed E-state index contributed by atoms with van der Waals surface area (Å²) in [6.07, 6.45) is 3.73. The second-order valence-corrected chi connectivity index (χ2v) is 7.72. The number of nitrogens with one attached hydrogen (secondary N) is 1. The summed E-state index contributed by atoms with van der Waals surface area (Å²) < 4.78 is 6.12. The Balaban J connectivity index is 1.24. The van der Waals surface area contributed by atoms with E-state index in [-0.39, 0.29) is 5.60 Å². The molecule has 1 spiro atoms. The molecule has 4 rings (SSSR count). The van der Waals surface area contributed by atoms with E-state index in [1.54, 1.807) is 12.1 Å². The lowest BCUT2D eigenvalue weighted by Crippen LogP contribution is -2.61. The topological polar surface area (TPSA) is 61.8 Å². The molecule has 3 fully saturated rings. The largest absolute Gasteiger partial charge is 0.478 e. The molecule has 0 radical (unpaired) electrons. The van der Waals surface area contributed by atoms with Crippen molar-refractivity contribution >= 4 is 5.97 Å². The number of rotatable bonds is 6. The fourth-order valence-corrected chi connectivity index (χ4v) is 4.27. The van der Waals surface area contributed by atoms with E-state index in [1.807, 2.05) is 12.1 Å². The molecule has 130 valence electrons. The van der Waals surface area contributed by atoms with Gasteiger partial charge in [-0.3, -0.25) is 4.90 Å². The van der Waals surface area contributed by atoms with Crippen LogP contribution in [0.2, 0.25) is 0 Å². The van der Waals surface area contributed by atoms with Crippen LogP contribution >= 0.6 is 0 Å². The zero-order valence-corrected chi connectivity index (χ0v) is 14.2. The molecule has 2 N–H and O–H groups in total. The van der Waals surface area contributed by atoms with Gasteiger partial charge in [-0.25, -0.2) is 4.79 Å². The molecule has 0 amide bonds. The fraction of sp³-hybridized carbons (Fsp3) is 0.632. The molecular weight excluding hydrogens is 304 g/mol. The van der Waals surface area contributed by atoms with Crippen molar-refractivity contribution in [2.75, 3.05) is 19.7 Å². The highest BCUT2D eigenvalue weighted by Gasteiger charge is 2.50. The summed E-state index contributed by atoms with van der Waals surface area (Å²) in [4.78, 5) is 13.3. The standard InChI is InChI=1S/C19H26N2O3/c1-2-14-7-17(14)20-16-8-19(24-10-16)11-21(12-19)9-13-3-5-15(6-4-13)18(22)23/h3-6,14,16-17,20H,2,7-12H2,1H3,(H,22,23)/t14-,16?,17-/m1/s1. The number of ether oxygens (including phenoxy) is 1. The monoisotopic (exact) mass is 330 g/mol. The summed E-state index contributed by atoms with van der Waals surface area (Å²) in [7, 11) is 0. The zero-order valence-electron chi connectivity index (χ0n) is 14.2. The average Bonchev–Trinajstić information content (AvgIpc) is 3.16. The van der Waals surface area contributed by atoms with Crippen LogP contribution in [0, 0.1) is 5.92 Å².